The van der Waals surface area contributed by atoms with E-state index in [0.29, 0.717) is 5.65 Å². The van der Waals surface area contributed by atoms with E-state index in [-0.39, 0.29) is 11.9 Å². The Morgan fingerprint density at radius 1 is 1.35 bits per heavy atom. The van der Waals surface area contributed by atoms with Gasteiger partial charge in [-0.1, -0.05) is 0 Å². The van der Waals surface area contributed by atoms with Gasteiger partial charge in [-0.15, -0.1) is 0 Å². The van der Waals surface area contributed by atoms with Gasteiger partial charge >= 0.3 is 21.2 Å². The van der Waals surface area contributed by atoms with Crippen LogP contribution in [0.3, 0.4) is 0 Å². The number of aromatic amines is 1. The Balaban J connectivity index is 1.70. The number of hydrogen-bond acceptors (Lipinski definition) is 9. The number of imidazole rings is 1. The van der Waals surface area contributed by atoms with Gasteiger partial charge in [-0.25, -0.2) is 14.1 Å². The molecule has 26 heavy (non-hydrogen) atoms. The zero-order valence-electron chi connectivity index (χ0n) is 12.8. The maximum Gasteiger partial charge on any atom is 0.481 e. The first kappa shape index (κ1) is 19.3. The number of H-pyrrole nitrogens is 1. The van der Waals surface area contributed by atoms with Crippen molar-refractivity contribution < 1.29 is 42.5 Å². The van der Waals surface area contributed by atoms with Crippen LogP contribution in [0.4, 0.5) is 0 Å². The van der Waals surface area contributed by atoms with Crippen molar-refractivity contribution in [2.45, 2.75) is 24.9 Å². The zero-order chi connectivity index (χ0) is 19.1. The number of aromatic nitrogens is 4. The first-order valence-corrected chi connectivity index (χ1v) is 10.1. The molecule has 0 aliphatic carbocycles. The summed E-state index contributed by atoms with van der Waals surface area (Å²) < 4.78 is 37.1. The number of nitrogens with zero attached hydrogens (tertiary/aromatic N) is 3. The lowest BCUT2D eigenvalue weighted by atomic mass is 10.2. The quantitative estimate of drug-likeness (QED) is 0.362. The van der Waals surface area contributed by atoms with Gasteiger partial charge in [-0.2, -0.15) is 9.29 Å². The molecule has 5 N–H and O–H groups in total. The second-order valence-corrected chi connectivity index (χ2v) is 8.16. The van der Waals surface area contributed by atoms with Crippen LogP contribution < -0.4 is 5.56 Å². The molecule has 14 nitrogen and oxygen atoms in total. The maximum absolute atomic E-state index is 11.6. The Morgan fingerprint density at radius 2 is 2.08 bits per heavy atom. The minimum atomic E-state index is -5.24. The van der Waals surface area contributed by atoms with E-state index in [1.54, 1.807) is 0 Å². The number of rotatable bonds is 6. The summed E-state index contributed by atoms with van der Waals surface area (Å²) in [5.74, 6) is 0. The lowest BCUT2D eigenvalue weighted by Crippen LogP contribution is -2.26. The minimum Gasteiger partial charge on any atom is -0.390 e. The third-order valence-corrected chi connectivity index (χ3v) is 5.66. The van der Waals surface area contributed by atoms with E-state index in [2.05, 4.69) is 23.8 Å². The molecule has 4 atom stereocenters. The normalized spacial score (nSPS) is 26.2. The molecule has 3 rings (SSSR count). The molecule has 3 heterocycles. The van der Waals surface area contributed by atoms with Crippen LogP contribution in [0.1, 0.15) is 12.6 Å². The van der Waals surface area contributed by atoms with Crippen LogP contribution in [0.25, 0.3) is 11.2 Å². The van der Waals surface area contributed by atoms with Gasteiger partial charge in [-0.05, 0) is 0 Å². The predicted molar refractivity (Wildman–Crippen MR) is 81.6 cm³/mol. The topological polar surface area (TPSA) is 206 Å². The number of phosphoric acid groups is 2. The molecule has 1 aliphatic rings. The van der Waals surface area contributed by atoms with E-state index in [4.69, 9.17) is 14.5 Å². The lowest BCUT2D eigenvalue weighted by molar-refractivity contribution is -0.0423. The molecular weight excluding hydrogens is 398 g/mol. The highest BCUT2D eigenvalue weighted by Gasteiger charge is 2.39. The van der Waals surface area contributed by atoms with Gasteiger partial charge in [0.25, 0.3) is 0 Å². The first-order chi connectivity index (χ1) is 12.1. The minimum absolute atomic E-state index is 0.0406. The third kappa shape index (κ3) is 4.26. The molecular formula is C10H14N4O10P2. The van der Waals surface area contributed by atoms with Crippen molar-refractivity contribution in [2.75, 3.05) is 6.61 Å². The Bertz CT molecular complexity index is 953. The van der Waals surface area contributed by atoms with E-state index in [9.17, 15) is 23.9 Å². The summed E-state index contributed by atoms with van der Waals surface area (Å²) in [7, 11) is -10.3. The van der Waals surface area contributed by atoms with Gasteiger partial charge < -0.3 is 29.5 Å². The van der Waals surface area contributed by atoms with Gasteiger partial charge in [0.05, 0.1) is 25.4 Å². The van der Waals surface area contributed by atoms with Crippen molar-refractivity contribution in [1.82, 2.24) is 19.5 Å². The second kappa shape index (κ2) is 6.93. The van der Waals surface area contributed by atoms with E-state index >= 15 is 0 Å². The second-order valence-electron chi connectivity index (χ2n) is 5.33. The summed E-state index contributed by atoms with van der Waals surface area (Å²) in [5, 5.41) is 10.0. The molecule has 2 aromatic rings. The molecule has 0 bridgehead atoms. The number of ether oxygens (including phenoxy) is 1. The molecule has 0 amide bonds. The van der Waals surface area contributed by atoms with Crippen LogP contribution >= 0.6 is 15.6 Å². The third-order valence-electron chi connectivity index (χ3n) is 3.51. The van der Waals surface area contributed by atoms with Crippen molar-refractivity contribution >= 4 is 26.8 Å². The summed E-state index contributed by atoms with van der Waals surface area (Å²) in [6.45, 7) is -0.670. The Kier molecular flexibility index (Phi) is 5.14. The van der Waals surface area contributed by atoms with Crippen LogP contribution in [0, 0.1) is 0 Å². The van der Waals surface area contributed by atoms with Crippen LogP contribution in [-0.2, 0) is 22.7 Å². The number of fused-ring (bicyclic) bond motifs is 1. The van der Waals surface area contributed by atoms with Gasteiger partial charge in [0.2, 0.25) is 0 Å². The highest BCUT2D eigenvalue weighted by Crippen LogP contribution is 2.57. The van der Waals surface area contributed by atoms with Crippen molar-refractivity contribution in [3.63, 3.8) is 0 Å². The molecule has 0 spiro atoms. The zero-order valence-corrected chi connectivity index (χ0v) is 14.6. The average molecular weight is 412 g/mol. The molecule has 16 heteroatoms. The van der Waals surface area contributed by atoms with Crippen LogP contribution in [0.2, 0.25) is 0 Å². The fourth-order valence-corrected chi connectivity index (χ4v) is 4.05. The summed E-state index contributed by atoms with van der Waals surface area (Å²) in [6, 6.07) is 0. The Labute approximate surface area is 144 Å². The van der Waals surface area contributed by atoms with Crippen molar-refractivity contribution in [3.8, 4) is 0 Å². The Hall–Kier alpha value is -1.47. The van der Waals surface area contributed by atoms with Crippen LogP contribution in [0.15, 0.2) is 17.4 Å². The predicted octanol–water partition coefficient (Wildman–Crippen LogP) is -1.01. The van der Waals surface area contributed by atoms with Gasteiger partial charge in [0, 0.05) is 6.42 Å². The molecule has 1 saturated heterocycles. The molecule has 1 aliphatic heterocycles. The number of phosphoric ester groups is 1. The average Bonchev–Trinajstić information content (AvgIpc) is 3.07. The number of nitrogens with one attached hydrogen (secondary N) is 1. The van der Waals surface area contributed by atoms with E-state index in [1.165, 1.54) is 17.2 Å². The molecule has 2 aromatic heterocycles. The van der Waals surface area contributed by atoms with Crippen molar-refractivity contribution in [2.24, 2.45) is 0 Å². The summed E-state index contributed by atoms with van der Waals surface area (Å²) >= 11 is 0. The molecule has 0 unspecified atom stereocenters. The van der Waals surface area contributed by atoms with E-state index in [0.717, 1.165) is 0 Å². The number of aliphatic hydroxyl groups is 1. The molecule has 0 radical (unpaired) electrons. The van der Waals surface area contributed by atoms with Gasteiger partial charge in [0.15, 0.2) is 5.52 Å². The molecule has 1 fully saturated rings. The highest BCUT2D eigenvalue weighted by molar-refractivity contribution is 7.60. The van der Waals surface area contributed by atoms with Crippen LogP contribution in [0.5, 0.6) is 0 Å². The smallest absolute Gasteiger partial charge is 0.390 e. The monoisotopic (exact) mass is 412 g/mol. The number of aliphatic hydroxyl groups excluding tert-OH is 1. The largest absolute Gasteiger partial charge is 0.481 e. The van der Waals surface area contributed by atoms with Crippen molar-refractivity contribution in [3.05, 3.63) is 23.0 Å². The Morgan fingerprint density at radius 3 is 2.77 bits per heavy atom. The van der Waals surface area contributed by atoms with E-state index < -0.39 is 46.2 Å². The first-order valence-electron chi connectivity index (χ1n) is 7.04. The maximum atomic E-state index is 11.6. The lowest BCUT2D eigenvalue weighted by Gasteiger charge is -2.18. The molecule has 0 aromatic carbocycles. The van der Waals surface area contributed by atoms with Gasteiger partial charge in [-0.3, -0.25) is 13.9 Å². The summed E-state index contributed by atoms with van der Waals surface area (Å²) in [6.07, 6.45) is -0.469. The standard InChI is InChI=1S/C10H14N4O10P2/c15-5-1-7(14-4-13-8-9(14)11-3-12-10(8)16)23-6(5)2-22-26(20,21)24-25(17,18)19/h3-7,15H,1-2H2,(H,20,21)(H,11,12,16)(H2,17,18,19)/t5-,6+,7+/m0/s1. The fraction of sp³-hybridized carbons (Fsp3) is 0.500. The summed E-state index contributed by atoms with van der Waals surface area (Å²) in [5.41, 5.74) is -0.173. The molecule has 144 valence electrons. The fourth-order valence-electron chi connectivity index (χ4n) is 2.45. The van der Waals surface area contributed by atoms with Crippen molar-refractivity contribution in [1.29, 1.82) is 0 Å². The van der Waals surface area contributed by atoms with E-state index in [1.807, 2.05) is 0 Å². The summed E-state index contributed by atoms with van der Waals surface area (Å²) in [4.78, 5) is 48.1. The van der Waals surface area contributed by atoms with Crippen LogP contribution in [-0.4, -0.2) is 58.1 Å². The SMILES string of the molecule is O=c1nc[nH]c2c1ncn2[C@H]1C[C@H](O)[C@@H](CO[P@](=O)(O)OP(=O)(O)O)O1. The highest BCUT2D eigenvalue weighted by atomic mass is 31.3. The molecule has 0 saturated carbocycles. The number of hydrogen-bond donors (Lipinski definition) is 5. The van der Waals surface area contributed by atoms with Gasteiger partial charge in [0.1, 0.15) is 18.0 Å².